The van der Waals surface area contributed by atoms with Crippen molar-refractivity contribution in [3.63, 3.8) is 0 Å². The van der Waals surface area contributed by atoms with Gasteiger partial charge >= 0.3 is 5.97 Å². The molecule has 0 radical (unpaired) electrons. The second-order valence-corrected chi connectivity index (χ2v) is 16.8. The Labute approximate surface area is 250 Å². The highest BCUT2D eigenvalue weighted by molar-refractivity contribution is 5.87. The molecular weight excluding hydrogens is 500 g/mol. The maximum Gasteiger partial charge on any atom is 0.331 e. The average molecular weight is 557 g/mol. The zero-order valence-electron chi connectivity index (χ0n) is 27.3. The minimum Gasteiger partial charge on any atom is -0.459 e. The summed E-state index contributed by atoms with van der Waals surface area (Å²) >= 11 is 0. The molecule has 5 aliphatic carbocycles. The highest BCUT2D eigenvalue weighted by Gasteiger charge is 2.68. The van der Waals surface area contributed by atoms with E-state index in [0.29, 0.717) is 28.1 Å². The van der Waals surface area contributed by atoms with Crippen LogP contribution >= 0.6 is 0 Å². The Hall–Kier alpha value is -1.83. The molecule has 41 heavy (non-hydrogen) atoms. The highest BCUT2D eigenvalue weighted by atomic mass is 16.5. The van der Waals surface area contributed by atoms with E-state index in [4.69, 9.17) is 4.74 Å². The van der Waals surface area contributed by atoms with Crippen LogP contribution in [0.25, 0.3) is 6.08 Å². The standard InChI is InChI=1S/C39H56O2/c1-26-18-21-36(5)24-25-38(7)29(34(36)27(26)2)15-16-31-37(6)22-20-32(35(3,4)30(37)19-23-39(31,38)8)41-33(40)17-14-28-12-10-9-11-13-28/h9-15,17,26-27,30-32,34H,16,18-25H2,1-8H3/b17-14+/t26-,27+,30+,31-,32+,34+,36-,37+,38-,39-/m1/s1. The third-order valence-electron chi connectivity index (χ3n) is 14.8. The zero-order valence-corrected chi connectivity index (χ0v) is 27.3. The van der Waals surface area contributed by atoms with E-state index in [1.165, 1.54) is 44.9 Å². The van der Waals surface area contributed by atoms with Crippen LogP contribution in [0.5, 0.6) is 0 Å². The lowest BCUT2D eigenvalue weighted by Crippen LogP contribution is -2.65. The molecule has 4 fully saturated rings. The van der Waals surface area contributed by atoms with E-state index < -0.39 is 0 Å². The van der Waals surface area contributed by atoms with Crippen LogP contribution in [0.15, 0.2) is 48.1 Å². The molecule has 0 unspecified atom stereocenters. The van der Waals surface area contributed by atoms with Gasteiger partial charge in [0, 0.05) is 11.5 Å². The maximum atomic E-state index is 13.0. The first-order valence-corrected chi connectivity index (χ1v) is 16.9. The summed E-state index contributed by atoms with van der Waals surface area (Å²) in [4.78, 5) is 13.0. The van der Waals surface area contributed by atoms with E-state index in [9.17, 15) is 4.79 Å². The molecule has 0 heterocycles. The molecule has 1 aromatic rings. The normalized spacial score (nSPS) is 46.9. The second-order valence-electron chi connectivity index (χ2n) is 16.8. The number of carbonyl (C=O) groups is 1. The van der Waals surface area contributed by atoms with Crippen molar-refractivity contribution < 1.29 is 9.53 Å². The van der Waals surface area contributed by atoms with Gasteiger partial charge in [-0.2, -0.15) is 0 Å². The predicted molar refractivity (Wildman–Crippen MR) is 170 cm³/mol. The lowest BCUT2D eigenvalue weighted by atomic mass is 9.33. The summed E-state index contributed by atoms with van der Waals surface area (Å²) in [6.45, 7) is 20.6. The lowest BCUT2D eigenvalue weighted by molar-refractivity contribution is -0.211. The highest BCUT2D eigenvalue weighted by Crippen LogP contribution is 2.75. The van der Waals surface area contributed by atoms with Crippen molar-refractivity contribution >= 4 is 12.0 Å². The molecule has 0 N–H and O–H groups in total. The van der Waals surface area contributed by atoms with Crippen LogP contribution in [0.1, 0.15) is 119 Å². The topological polar surface area (TPSA) is 26.3 Å². The van der Waals surface area contributed by atoms with Gasteiger partial charge in [-0.1, -0.05) is 97.4 Å². The van der Waals surface area contributed by atoms with Crippen molar-refractivity contribution in [3.8, 4) is 0 Å². The number of carbonyl (C=O) groups excluding carboxylic acids is 1. The molecule has 0 aliphatic heterocycles. The Morgan fingerprint density at radius 2 is 1.59 bits per heavy atom. The SMILES string of the molecule is C[C@H]1[C@H](C)CC[C@]2(C)CC[C@]3(C)C(=CC[C@@H]4[C@@]5(C)CC[C@H](OC(=O)/C=C/c6ccccc6)C(C)(C)[C@@H]5CC[C@]43C)[C@H]12. The van der Waals surface area contributed by atoms with Gasteiger partial charge in [0.2, 0.25) is 0 Å². The van der Waals surface area contributed by atoms with Crippen molar-refractivity contribution in [2.45, 2.75) is 119 Å². The minimum atomic E-state index is -0.199. The van der Waals surface area contributed by atoms with E-state index in [-0.39, 0.29) is 22.9 Å². The largest absolute Gasteiger partial charge is 0.459 e. The summed E-state index contributed by atoms with van der Waals surface area (Å²) < 4.78 is 6.24. The van der Waals surface area contributed by atoms with Gasteiger partial charge in [0.15, 0.2) is 0 Å². The molecule has 0 spiro atoms. The molecule has 10 atom stereocenters. The molecular formula is C39H56O2. The molecule has 2 nitrogen and oxygen atoms in total. The van der Waals surface area contributed by atoms with Gasteiger partial charge in [-0.25, -0.2) is 4.79 Å². The maximum absolute atomic E-state index is 13.0. The number of ether oxygens (including phenoxy) is 1. The Balaban J connectivity index is 1.26. The fourth-order valence-electron chi connectivity index (χ4n) is 11.9. The Kier molecular flexibility index (Phi) is 7.03. The number of rotatable bonds is 3. The number of hydrogen-bond acceptors (Lipinski definition) is 2. The molecule has 5 aliphatic rings. The molecule has 4 saturated carbocycles. The van der Waals surface area contributed by atoms with Crippen LogP contribution in [0.2, 0.25) is 0 Å². The van der Waals surface area contributed by atoms with Crippen molar-refractivity contribution in [2.24, 2.45) is 56.7 Å². The molecule has 0 saturated heterocycles. The van der Waals surface area contributed by atoms with Crippen molar-refractivity contribution in [1.29, 1.82) is 0 Å². The van der Waals surface area contributed by atoms with Gasteiger partial charge in [0.05, 0.1) is 0 Å². The van der Waals surface area contributed by atoms with Gasteiger partial charge in [0.1, 0.15) is 6.10 Å². The van der Waals surface area contributed by atoms with E-state index in [0.717, 1.165) is 36.2 Å². The Morgan fingerprint density at radius 1 is 0.854 bits per heavy atom. The Morgan fingerprint density at radius 3 is 2.32 bits per heavy atom. The van der Waals surface area contributed by atoms with Crippen molar-refractivity contribution in [3.05, 3.63) is 53.6 Å². The third kappa shape index (κ3) is 4.27. The number of esters is 1. The second kappa shape index (κ2) is 9.85. The van der Waals surface area contributed by atoms with E-state index in [1.807, 2.05) is 42.0 Å². The number of hydrogen-bond donors (Lipinski definition) is 0. The van der Waals surface area contributed by atoms with Crippen molar-refractivity contribution in [1.82, 2.24) is 0 Å². The summed E-state index contributed by atoms with van der Waals surface area (Å²) in [5, 5.41) is 0. The zero-order chi connectivity index (χ0) is 29.4. The van der Waals surface area contributed by atoms with E-state index in [1.54, 1.807) is 6.08 Å². The molecule has 2 heteroatoms. The third-order valence-corrected chi connectivity index (χ3v) is 14.8. The van der Waals surface area contributed by atoms with Crippen LogP contribution in [0.4, 0.5) is 0 Å². The van der Waals surface area contributed by atoms with Gasteiger partial charge in [-0.05, 0) is 121 Å². The Bertz CT molecular complexity index is 1230. The summed E-state index contributed by atoms with van der Waals surface area (Å²) in [6.07, 6.45) is 17.8. The van der Waals surface area contributed by atoms with Gasteiger partial charge in [-0.3, -0.25) is 0 Å². The number of fused-ring (bicyclic) bond motifs is 7. The molecule has 1 aromatic carbocycles. The van der Waals surface area contributed by atoms with E-state index in [2.05, 4.69) is 61.5 Å². The van der Waals surface area contributed by atoms with Crippen LogP contribution in [-0.4, -0.2) is 12.1 Å². The van der Waals surface area contributed by atoms with Gasteiger partial charge in [-0.15, -0.1) is 0 Å². The first-order chi connectivity index (χ1) is 19.3. The monoisotopic (exact) mass is 556 g/mol. The van der Waals surface area contributed by atoms with Crippen LogP contribution in [-0.2, 0) is 9.53 Å². The predicted octanol–water partition coefficient (Wildman–Crippen LogP) is 10.3. The van der Waals surface area contributed by atoms with Gasteiger partial charge < -0.3 is 4.74 Å². The minimum absolute atomic E-state index is 0.0249. The van der Waals surface area contributed by atoms with Crippen molar-refractivity contribution in [2.75, 3.05) is 0 Å². The number of allylic oxidation sites excluding steroid dienone is 2. The summed E-state index contributed by atoms with van der Waals surface area (Å²) in [5.41, 5.74) is 4.25. The summed E-state index contributed by atoms with van der Waals surface area (Å²) in [5.74, 6) is 3.43. The molecule has 0 bridgehead atoms. The summed E-state index contributed by atoms with van der Waals surface area (Å²) in [7, 11) is 0. The fourth-order valence-corrected chi connectivity index (χ4v) is 11.9. The molecule has 224 valence electrons. The smallest absolute Gasteiger partial charge is 0.331 e. The molecule has 6 rings (SSSR count). The fraction of sp³-hybridized carbons (Fsp3) is 0.718. The number of benzene rings is 1. The van der Waals surface area contributed by atoms with Gasteiger partial charge in [0.25, 0.3) is 0 Å². The van der Waals surface area contributed by atoms with E-state index >= 15 is 0 Å². The molecule has 0 amide bonds. The average Bonchev–Trinajstić information content (AvgIpc) is 2.93. The van der Waals surface area contributed by atoms with Crippen LogP contribution < -0.4 is 0 Å². The first-order valence-electron chi connectivity index (χ1n) is 16.9. The first kappa shape index (κ1) is 29.3. The molecule has 0 aromatic heterocycles. The van der Waals surface area contributed by atoms with Crippen LogP contribution in [0, 0.1) is 56.7 Å². The quantitative estimate of drug-likeness (QED) is 0.210. The van der Waals surface area contributed by atoms with Crippen LogP contribution in [0.3, 0.4) is 0 Å². The lowest BCUT2D eigenvalue weighted by Gasteiger charge is -2.71. The summed E-state index contributed by atoms with van der Waals surface area (Å²) in [6, 6.07) is 10.0.